The normalized spacial score (nSPS) is 18.2. The van der Waals surface area contributed by atoms with Gasteiger partial charge in [0, 0.05) is 49.4 Å². The van der Waals surface area contributed by atoms with Crippen LogP contribution < -0.4 is 20.9 Å². The number of amides is 2. The van der Waals surface area contributed by atoms with Crippen LogP contribution in [0.25, 0.3) is 11.4 Å². The highest BCUT2D eigenvalue weighted by atomic mass is 35.5. The molecule has 162 valence electrons. The predicted molar refractivity (Wildman–Crippen MR) is 120 cm³/mol. The molecule has 1 aromatic carbocycles. The van der Waals surface area contributed by atoms with Gasteiger partial charge >= 0.3 is 6.03 Å². The molecular weight excluding hydrogens is 404 g/mol. The molecule has 2 amide bonds. The molecule has 2 aliphatic rings. The van der Waals surface area contributed by atoms with Crippen molar-refractivity contribution >= 4 is 29.9 Å². The molecule has 4 rings (SSSR count). The third-order valence-electron chi connectivity index (χ3n) is 5.29. The van der Waals surface area contributed by atoms with Crippen molar-refractivity contribution in [2.24, 2.45) is 0 Å². The average Bonchev–Trinajstić information content (AvgIpc) is 2.74. The van der Waals surface area contributed by atoms with Crippen LogP contribution in [0.5, 0.6) is 0 Å². The minimum Gasteiger partial charge on any atom is -0.377 e. The molecule has 1 unspecified atom stereocenters. The number of anilines is 2. The molecule has 3 N–H and O–H groups in total. The number of halogens is 1. The lowest BCUT2D eigenvalue weighted by Crippen LogP contribution is -2.45. The van der Waals surface area contributed by atoms with Gasteiger partial charge in [-0.25, -0.2) is 14.8 Å². The maximum absolute atomic E-state index is 11.7. The van der Waals surface area contributed by atoms with E-state index in [1.165, 1.54) is 5.56 Å². The summed E-state index contributed by atoms with van der Waals surface area (Å²) in [5.74, 6) is 1.74. The van der Waals surface area contributed by atoms with Gasteiger partial charge in [-0.1, -0.05) is 0 Å². The van der Waals surface area contributed by atoms with E-state index in [1.54, 1.807) is 0 Å². The second kappa shape index (κ2) is 10.1. The summed E-state index contributed by atoms with van der Waals surface area (Å²) in [6, 6.07) is 7.74. The van der Waals surface area contributed by atoms with Crippen LogP contribution in [-0.4, -0.2) is 54.9 Å². The van der Waals surface area contributed by atoms with Crippen molar-refractivity contribution in [3.63, 3.8) is 0 Å². The van der Waals surface area contributed by atoms with E-state index in [0.29, 0.717) is 19.8 Å². The van der Waals surface area contributed by atoms with Gasteiger partial charge in [0.2, 0.25) is 0 Å². The lowest BCUT2D eigenvalue weighted by atomic mass is 10.1. The van der Waals surface area contributed by atoms with E-state index < -0.39 is 0 Å². The van der Waals surface area contributed by atoms with Crippen LogP contribution >= 0.6 is 12.4 Å². The van der Waals surface area contributed by atoms with Gasteiger partial charge in [0.25, 0.3) is 0 Å². The predicted octanol–water partition coefficient (Wildman–Crippen LogP) is 2.58. The van der Waals surface area contributed by atoms with Crippen LogP contribution in [0.4, 0.5) is 16.3 Å². The number of rotatable bonds is 4. The molecule has 9 heteroatoms. The van der Waals surface area contributed by atoms with E-state index in [9.17, 15) is 4.79 Å². The maximum Gasteiger partial charge on any atom is 0.319 e. The molecule has 3 heterocycles. The van der Waals surface area contributed by atoms with Gasteiger partial charge in [0.05, 0.1) is 24.9 Å². The number of carbonyl (C=O) groups is 1. The van der Waals surface area contributed by atoms with E-state index in [0.717, 1.165) is 54.6 Å². The van der Waals surface area contributed by atoms with E-state index in [4.69, 9.17) is 14.7 Å². The van der Waals surface area contributed by atoms with E-state index in [1.807, 2.05) is 31.2 Å². The molecule has 1 aromatic heterocycles. The van der Waals surface area contributed by atoms with Crippen LogP contribution in [0, 0.1) is 0 Å². The van der Waals surface area contributed by atoms with Gasteiger partial charge in [-0.15, -0.1) is 12.4 Å². The van der Waals surface area contributed by atoms with E-state index >= 15 is 0 Å². The first kappa shape index (κ1) is 22.3. The maximum atomic E-state index is 11.7. The van der Waals surface area contributed by atoms with Crippen molar-refractivity contribution in [1.82, 2.24) is 20.6 Å². The molecule has 1 atom stereocenters. The molecule has 1 fully saturated rings. The molecule has 8 nitrogen and oxygen atoms in total. The summed E-state index contributed by atoms with van der Waals surface area (Å²) >= 11 is 0. The number of benzene rings is 1. The Morgan fingerprint density at radius 3 is 2.83 bits per heavy atom. The first-order valence-electron chi connectivity index (χ1n) is 10.3. The van der Waals surface area contributed by atoms with Crippen molar-refractivity contribution in [2.45, 2.75) is 32.9 Å². The molecule has 0 bridgehead atoms. The second-order valence-corrected chi connectivity index (χ2v) is 7.40. The van der Waals surface area contributed by atoms with Crippen molar-refractivity contribution in [3.8, 4) is 11.4 Å². The molecule has 2 aromatic rings. The summed E-state index contributed by atoms with van der Waals surface area (Å²) < 4.78 is 5.61. The van der Waals surface area contributed by atoms with Crippen molar-refractivity contribution in [3.05, 3.63) is 35.5 Å². The van der Waals surface area contributed by atoms with Crippen LogP contribution in [0.3, 0.4) is 0 Å². The average molecular weight is 433 g/mol. The number of fused-ring (bicyclic) bond motifs is 1. The number of ether oxygens (including phenoxy) is 1. The second-order valence-electron chi connectivity index (χ2n) is 7.40. The van der Waals surface area contributed by atoms with Gasteiger partial charge in [0.1, 0.15) is 5.82 Å². The first-order chi connectivity index (χ1) is 14.2. The Bertz CT molecular complexity index is 877. The quantitative estimate of drug-likeness (QED) is 0.687. The van der Waals surface area contributed by atoms with E-state index in [-0.39, 0.29) is 24.5 Å². The zero-order valence-electron chi connectivity index (χ0n) is 17.4. The molecule has 30 heavy (non-hydrogen) atoms. The lowest BCUT2D eigenvalue weighted by molar-refractivity contribution is 0.0984. The standard InChI is InChI=1S/C21H28N6O2.ClH/c1-3-23-21(28)24-16-6-4-15(5-7-16)19-25-18-8-9-22-12-17(18)20(26-19)27-10-11-29-13-14(27)2;/h4-7,14,22H,3,8-13H2,1-2H3,(H2,23,24,28);1H. The Morgan fingerprint density at radius 2 is 2.10 bits per heavy atom. The van der Waals surface area contributed by atoms with Gasteiger partial charge in [-0.05, 0) is 38.1 Å². The monoisotopic (exact) mass is 432 g/mol. The SMILES string of the molecule is CCNC(=O)Nc1ccc(-c2nc3c(c(N4CCOCC4C)n2)CNCC3)cc1.Cl. The van der Waals surface area contributed by atoms with Crippen LogP contribution in [0.2, 0.25) is 0 Å². The number of aromatic nitrogens is 2. The summed E-state index contributed by atoms with van der Waals surface area (Å²) in [4.78, 5) is 23.9. The molecule has 0 aliphatic carbocycles. The molecule has 2 aliphatic heterocycles. The fourth-order valence-electron chi connectivity index (χ4n) is 3.77. The first-order valence-corrected chi connectivity index (χ1v) is 10.3. The van der Waals surface area contributed by atoms with Crippen molar-refractivity contribution < 1.29 is 9.53 Å². The summed E-state index contributed by atoms with van der Waals surface area (Å²) in [6.45, 7) is 8.63. The Kier molecular flexibility index (Phi) is 7.47. The van der Waals surface area contributed by atoms with Gasteiger partial charge in [-0.2, -0.15) is 0 Å². The minimum atomic E-state index is -0.207. The number of hydrogen-bond donors (Lipinski definition) is 3. The largest absolute Gasteiger partial charge is 0.377 e. The highest BCUT2D eigenvalue weighted by molar-refractivity contribution is 5.89. The molecular formula is C21H29ClN6O2. The zero-order valence-corrected chi connectivity index (χ0v) is 18.2. The van der Waals surface area contributed by atoms with Crippen LogP contribution in [-0.2, 0) is 17.7 Å². The Morgan fingerprint density at radius 1 is 1.30 bits per heavy atom. The third kappa shape index (κ3) is 4.83. The fourth-order valence-corrected chi connectivity index (χ4v) is 3.77. The molecule has 0 radical (unpaired) electrons. The summed E-state index contributed by atoms with van der Waals surface area (Å²) in [7, 11) is 0. The van der Waals surface area contributed by atoms with Crippen molar-refractivity contribution in [2.75, 3.05) is 43.1 Å². The summed E-state index contributed by atoms with van der Waals surface area (Å²) in [5.41, 5.74) is 3.99. The zero-order chi connectivity index (χ0) is 20.2. The molecule has 0 saturated carbocycles. The number of urea groups is 1. The number of nitrogens with one attached hydrogen (secondary N) is 3. The minimum absolute atomic E-state index is 0. The lowest BCUT2D eigenvalue weighted by Gasteiger charge is -2.36. The number of morpholine rings is 1. The summed E-state index contributed by atoms with van der Waals surface area (Å²) in [6.07, 6.45) is 0.896. The topological polar surface area (TPSA) is 91.4 Å². The Labute approximate surface area is 183 Å². The summed E-state index contributed by atoms with van der Waals surface area (Å²) in [5, 5.41) is 8.99. The van der Waals surface area contributed by atoms with Crippen LogP contribution in [0.15, 0.2) is 24.3 Å². The van der Waals surface area contributed by atoms with Gasteiger partial charge in [-0.3, -0.25) is 0 Å². The van der Waals surface area contributed by atoms with E-state index in [2.05, 4.69) is 27.8 Å². The van der Waals surface area contributed by atoms with Crippen molar-refractivity contribution in [1.29, 1.82) is 0 Å². The number of nitrogens with zero attached hydrogens (tertiary/aromatic N) is 3. The number of hydrogen-bond acceptors (Lipinski definition) is 6. The smallest absolute Gasteiger partial charge is 0.319 e. The highest BCUT2D eigenvalue weighted by Crippen LogP contribution is 2.29. The molecule has 0 spiro atoms. The van der Waals surface area contributed by atoms with Gasteiger partial charge < -0.3 is 25.6 Å². The van der Waals surface area contributed by atoms with Gasteiger partial charge in [0.15, 0.2) is 5.82 Å². The number of carbonyl (C=O) groups excluding carboxylic acids is 1. The molecule has 1 saturated heterocycles. The highest BCUT2D eigenvalue weighted by Gasteiger charge is 2.27. The Balaban J connectivity index is 0.00000256. The fraction of sp³-hybridized carbons (Fsp3) is 0.476. The Hall–Kier alpha value is -2.42. The van der Waals surface area contributed by atoms with Crippen LogP contribution in [0.1, 0.15) is 25.1 Å². The third-order valence-corrected chi connectivity index (χ3v) is 5.29.